The molecule has 1 saturated heterocycles. The molecule has 1 aliphatic rings. The Balaban J connectivity index is 1.64. The number of carbonyl (C=O) groups excluding carboxylic acids is 2. The van der Waals surface area contributed by atoms with Gasteiger partial charge in [-0.1, -0.05) is 42.5 Å². The van der Waals surface area contributed by atoms with Crippen LogP contribution in [0, 0.1) is 0 Å². The second kappa shape index (κ2) is 12.7. The van der Waals surface area contributed by atoms with Crippen molar-refractivity contribution in [2.24, 2.45) is 0 Å². The maximum absolute atomic E-state index is 13.0. The molecule has 0 atom stereocenters. The number of ether oxygens (including phenoxy) is 2. The first-order valence-electron chi connectivity index (χ1n) is 11.9. The Morgan fingerprint density at radius 1 is 1.00 bits per heavy atom. The first-order valence-corrected chi connectivity index (χ1v) is 13.4. The van der Waals surface area contributed by atoms with Gasteiger partial charge in [-0.2, -0.15) is 17.4 Å². The molecule has 3 N–H and O–H groups in total. The number of carbonyl (C=O) groups is 2. The lowest BCUT2D eigenvalue weighted by molar-refractivity contribution is 0.0929. The Kier molecular flexibility index (Phi) is 9.68. The third-order valence-corrected chi connectivity index (χ3v) is 7.90. The lowest BCUT2D eigenvalue weighted by atomic mass is 9.73. The van der Waals surface area contributed by atoms with Crippen LogP contribution in [0.4, 0.5) is 4.79 Å². The number of benzene rings is 2. The topological polar surface area (TPSA) is 126 Å². The first kappa shape index (κ1) is 27.4. The van der Waals surface area contributed by atoms with E-state index in [9.17, 15) is 18.0 Å². The number of amides is 2. The van der Waals surface area contributed by atoms with Crippen molar-refractivity contribution < 1.29 is 27.5 Å². The number of piperidine rings is 1. The largest absolute Gasteiger partial charge is 0.496 e. The molecule has 0 aliphatic carbocycles. The molecule has 3 rings (SSSR count). The molecule has 10 nitrogen and oxygen atoms in total. The molecule has 2 aromatic rings. The number of para-hydroxylation sites is 1. The Morgan fingerprint density at radius 2 is 1.67 bits per heavy atom. The average Bonchev–Trinajstić information content (AvgIpc) is 2.90. The van der Waals surface area contributed by atoms with Gasteiger partial charge in [0, 0.05) is 38.1 Å². The molecule has 36 heavy (non-hydrogen) atoms. The quantitative estimate of drug-likeness (QED) is 0.391. The van der Waals surface area contributed by atoms with Crippen molar-refractivity contribution in [2.45, 2.75) is 25.2 Å². The maximum Gasteiger partial charge on any atom is 0.407 e. The van der Waals surface area contributed by atoms with Crippen LogP contribution in [0.25, 0.3) is 0 Å². The number of hydrogen-bond donors (Lipinski definition) is 3. The van der Waals surface area contributed by atoms with Gasteiger partial charge in [-0.25, -0.2) is 4.79 Å². The second-order valence-corrected chi connectivity index (χ2v) is 10.2. The van der Waals surface area contributed by atoms with Crippen molar-refractivity contribution in [3.05, 3.63) is 65.7 Å². The van der Waals surface area contributed by atoms with E-state index in [1.807, 2.05) is 30.3 Å². The normalized spacial score (nSPS) is 15.6. The second-order valence-electron chi connectivity index (χ2n) is 8.49. The smallest absolute Gasteiger partial charge is 0.407 e. The van der Waals surface area contributed by atoms with Gasteiger partial charge in [0.2, 0.25) is 0 Å². The van der Waals surface area contributed by atoms with E-state index in [1.54, 1.807) is 31.2 Å². The van der Waals surface area contributed by atoms with Crippen LogP contribution in [0.2, 0.25) is 0 Å². The SMILES string of the molecule is CCNC(=O)OCCNS(=O)(=O)N1CCC(CNC(=O)c2ccccc2OC)(c2ccccc2)CC1. The monoisotopic (exact) mass is 518 g/mol. The summed E-state index contributed by atoms with van der Waals surface area (Å²) >= 11 is 0. The molecule has 0 radical (unpaired) electrons. The van der Waals surface area contributed by atoms with Crippen LogP contribution in [0.1, 0.15) is 35.7 Å². The Labute approximate surface area is 212 Å². The van der Waals surface area contributed by atoms with Crippen molar-refractivity contribution in [1.29, 1.82) is 0 Å². The fraction of sp³-hybridized carbons (Fsp3) is 0.440. The van der Waals surface area contributed by atoms with Gasteiger partial charge in [0.15, 0.2) is 0 Å². The predicted octanol–water partition coefficient (Wildman–Crippen LogP) is 2.04. The van der Waals surface area contributed by atoms with Crippen LogP contribution >= 0.6 is 0 Å². The minimum absolute atomic E-state index is 0.0191. The molecule has 1 heterocycles. The number of hydrogen-bond acceptors (Lipinski definition) is 6. The van der Waals surface area contributed by atoms with Gasteiger partial charge in [-0.3, -0.25) is 4.79 Å². The molecule has 0 unspecified atom stereocenters. The zero-order valence-corrected chi connectivity index (χ0v) is 21.5. The summed E-state index contributed by atoms with van der Waals surface area (Å²) in [4.78, 5) is 24.3. The highest BCUT2D eigenvalue weighted by atomic mass is 32.2. The van der Waals surface area contributed by atoms with Gasteiger partial charge in [0.05, 0.1) is 12.7 Å². The molecular formula is C25H34N4O6S. The lowest BCUT2D eigenvalue weighted by Gasteiger charge is -2.41. The highest BCUT2D eigenvalue weighted by Gasteiger charge is 2.39. The standard InChI is InChI=1S/C25H34N4O6S/c1-3-26-24(31)35-18-15-28-36(32,33)29-16-13-25(14-17-29,20-9-5-4-6-10-20)19-27-23(30)21-11-7-8-12-22(21)34-2/h4-12,28H,3,13-19H2,1-2H3,(H,26,31)(H,27,30). The Hall–Kier alpha value is -3.15. The summed E-state index contributed by atoms with van der Waals surface area (Å²) in [7, 11) is -2.22. The van der Waals surface area contributed by atoms with E-state index in [-0.39, 0.29) is 32.1 Å². The highest BCUT2D eigenvalue weighted by molar-refractivity contribution is 7.87. The molecule has 11 heteroatoms. The van der Waals surface area contributed by atoms with Gasteiger partial charge in [-0.05, 0) is 37.5 Å². The van der Waals surface area contributed by atoms with Crippen LogP contribution in [0.5, 0.6) is 5.75 Å². The van der Waals surface area contributed by atoms with Crippen molar-refractivity contribution in [2.75, 3.05) is 46.4 Å². The molecule has 196 valence electrons. The van der Waals surface area contributed by atoms with Gasteiger partial charge in [-0.15, -0.1) is 0 Å². The molecule has 1 aliphatic heterocycles. The van der Waals surface area contributed by atoms with Crippen LogP contribution in [-0.4, -0.2) is 71.2 Å². The summed E-state index contributed by atoms with van der Waals surface area (Å²) in [6, 6.07) is 16.9. The number of nitrogens with one attached hydrogen (secondary N) is 3. The molecule has 2 aromatic carbocycles. The van der Waals surface area contributed by atoms with Crippen LogP contribution < -0.4 is 20.1 Å². The average molecular weight is 519 g/mol. The molecule has 0 saturated carbocycles. The van der Waals surface area contributed by atoms with Crippen LogP contribution in [0.15, 0.2) is 54.6 Å². The van der Waals surface area contributed by atoms with Crippen molar-refractivity contribution in [3.8, 4) is 5.75 Å². The summed E-state index contributed by atoms with van der Waals surface area (Å²) in [5.74, 6) is 0.249. The zero-order chi connectivity index (χ0) is 26.0. The molecule has 1 fully saturated rings. The number of alkyl carbamates (subject to hydrolysis) is 1. The zero-order valence-electron chi connectivity index (χ0n) is 20.7. The Bertz CT molecular complexity index is 1120. The number of nitrogens with zero attached hydrogens (tertiary/aromatic N) is 1. The number of rotatable bonds is 11. The fourth-order valence-corrected chi connectivity index (χ4v) is 5.48. The summed E-state index contributed by atoms with van der Waals surface area (Å²) < 4.78 is 39.7. The fourth-order valence-electron chi connectivity index (χ4n) is 4.29. The van der Waals surface area contributed by atoms with E-state index >= 15 is 0 Å². The van der Waals surface area contributed by atoms with E-state index in [0.717, 1.165) is 5.56 Å². The molecule has 0 bridgehead atoms. The summed E-state index contributed by atoms with van der Waals surface area (Å²) in [5, 5.41) is 5.52. The van der Waals surface area contributed by atoms with E-state index in [0.29, 0.717) is 37.2 Å². The summed E-state index contributed by atoms with van der Waals surface area (Å²) in [6.45, 7) is 3.03. The number of methoxy groups -OCH3 is 1. The van der Waals surface area contributed by atoms with E-state index < -0.39 is 21.7 Å². The van der Waals surface area contributed by atoms with Gasteiger partial charge < -0.3 is 20.1 Å². The van der Waals surface area contributed by atoms with Crippen LogP contribution in [0.3, 0.4) is 0 Å². The van der Waals surface area contributed by atoms with Crippen molar-refractivity contribution in [1.82, 2.24) is 19.7 Å². The summed E-state index contributed by atoms with van der Waals surface area (Å²) in [6.07, 6.45) is 0.469. The first-order chi connectivity index (χ1) is 17.3. The van der Waals surface area contributed by atoms with E-state index in [4.69, 9.17) is 9.47 Å². The summed E-state index contributed by atoms with van der Waals surface area (Å²) in [5.41, 5.74) is 1.07. The Morgan fingerprint density at radius 3 is 2.33 bits per heavy atom. The predicted molar refractivity (Wildman–Crippen MR) is 136 cm³/mol. The molecule has 0 spiro atoms. The maximum atomic E-state index is 13.0. The van der Waals surface area contributed by atoms with Gasteiger partial charge >= 0.3 is 6.09 Å². The lowest BCUT2D eigenvalue weighted by Crippen LogP contribution is -2.52. The molecular weight excluding hydrogens is 484 g/mol. The minimum atomic E-state index is -3.74. The van der Waals surface area contributed by atoms with Crippen LogP contribution in [-0.2, 0) is 20.4 Å². The van der Waals surface area contributed by atoms with Crippen molar-refractivity contribution in [3.63, 3.8) is 0 Å². The minimum Gasteiger partial charge on any atom is -0.496 e. The van der Waals surface area contributed by atoms with Gasteiger partial charge in [0.1, 0.15) is 12.4 Å². The van der Waals surface area contributed by atoms with E-state index in [1.165, 1.54) is 11.4 Å². The van der Waals surface area contributed by atoms with Crippen molar-refractivity contribution >= 4 is 22.2 Å². The third kappa shape index (κ3) is 6.96. The van der Waals surface area contributed by atoms with E-state index in [2.05, 4.69) is 15.4 Å². The molecule has 0 aromatic heterocycles. The molecule has 2 amide bonds. The third-order valence-electron chi connectivity index (χ3n) is 6.29. The van der Waals surface area contributed by atoms with Gasteiger partial charge in [0.25, 0.3) is 16.1 Å². The highest BCUT2D eigenvalue weighted by Crippen LogP contribution is 2.36.